The zero-order valence-electron chi connectivity index (χ0n) is 11.2. The van der Waals surface area contributed by atoms with E-state index in [1.807, 2.05) is 54.6 Å². The van der Waals surface area contributed by atoms with Gasteiger partial charge in [0.2, 0.25) is 0 Å². The fourth-order valence-corrected chi connectivity index (χ4v) is 2.36. The van der Waals surface area contributed by atoms with Gasteiger partial charge in [-0.05, 0) is 17.7 Å². The van der Waals surface area contributed by atoms with Crippen LogP contribution in [0.25, 0.3) is 11.3 Å². The van der Waals surface area contributed by atoms with Crippen LogP contribution in [0, 0.1) is 0 Å². The number of hydrogen-bond acceptors (Lipinski definition) is 2. The summed E-state index contributed by atoms with van der Waals surface area (Å²) in [6.45, 7) is 0.460. The zero-order chi connectivity index (χ0) is 14.7. The molecule has 2 aromatic carbocycles. The normalized spacial score (nSPS) is 10.5. The van der Waals surface area contributed by atoms with E-state index < -0.39 is 0 Å². The van der Waals surface area contributed by atoms with Crippen LogP contribution >= 0.6 is 11.6 Å². The topological polar surface area (TPSA) is 34.9 Å². The van der Waals surface area contributed by atoms with Crippen LogP contribution < -0.4 is 5.56 Å². The lowest BCUT2D eigenvalue weighted by atomic mass is 10.1. The van der Waals surface area contributed by atoms with Gasteiger partial charge < -0.3 is 0 Å². The average molecular weight is 297 g/mol. The molecule has 1 aromatic heterocycles. The summed E-state index contributed by atoms with van der Waals surface area (Å²) in [4.78, 5) is 16.6. The van der Waals surface area contributed by atoms with E-state index >= 15 is 0 Å². The van der Waals surface area contributed by atoms with Gasteiger partial charge in [0.15, 0.2) is 0 Å². The van der Waals surface area contributed by atoms with Gasteiger partial charge in [0.05, 0.1) is 18.6 Å². The Morgan fingerprint density at radius 2 is 1.81 bits per heavy atom. The standard InChI is InChI=1S/C17H13ClN2O/c18-15-8-4-5-13(9-15)11-20-12-19-16(10-17(20)21)14-6-2-1-3-7-14/h1-10,12H,11H2. The predicted molar refractivity (Wildman–Crippen MR) is 84.5 cm³/mol. The van der Waals surface area contributed by atoms with Gasteiger partial charge in [0, 0.05) is 16.7 Å². The van der Waals surface area contributed by atoms with Crippen molar-refractivity contribution in [3.63, 3.8) is 0 Å². The Kier molecular flexibility index (Phi) is 3.84. The van der Waals surface area contributed by atoms with Crippen LogP contribution in [0.15, 0.2) is 71.8 Å². The monoisotopic (exact) mass is 296 g/mol. The summed E-state index contributed by atoms with van der Waals surface area (Å²) in [6.07, 6.45) is 1.57. The number of halogens is 1. The second-order valence-electron chi connectivity index (χ2n) is 4.74. The molecule has 0 amide bonds. The molecule has 0 bridgehead atoms. The highest BCUT2D eigenvalue weighted by atomic mass is 35.5. The third-order valence-corrected chi connectivity index (χ3v) is 3.43. The van der Waals surface area contributed by atoms with Gasteiger partial charge in [-0.1, -0.05) is 54.1 Å². The number of benzene rings is 2. The number of rotatable bonds is 3. The van der Waals surface area contributed by atoms with E-state index in [4.69, 9.17) is 11.6 Å². The first-order valence-electron chi connectivity index (χ1n) is 6.59. The smallest absolute Gasteiger partial charge is 0.254 e. The predicted octanol–water partition coefficient (Wildman–Crippen LogP) is 3.61. The van der Waals surface area contributed by atoms with E-state index in [0.717, 1.165) is 11.1 Å². The van der Waals surface area contributed by atoms with Gasteiger partial charge in [0.1, 0.15) is 0 Å². The lowest BCUT2D eigenvalue weighted by Gasteiger charge is -2.07. The Morgan fingerprint density at radius 1 is 1.00 bits per heavy atom. The molecule has 0 radical (unpaired) electrons. The lowest BCUT2D eigenvalue weighted by Crippen LogP contribution is -2.20. The molecule has 0 saturated carbocycles. The minimum absolute atomic E-state index is 0.0798. The van der Waals surface area contributed by atoms with Crippen molar-refractivity contribution >= 4 is 11.6 Å². The highest BCUT2D eigenvalue weighted by Crippen LogP contribution is 2.14. The molecule has 0 aliphatic heterocycles. The van der Waals surface area contributed by atoms with Gasteiger partial charge in [-0.15, -0.1) is 0 Å². The first-order chi connectivity index (χ1) is 10.2. The van der Waals surface area contributed by atoms with Crippen LogP contribution in [0.2, 0.25) is 5.02 Å². The lowest BCUT2D eigenvalue weighted by molar-refractivity contribution is 0.737. The van der Waals surface area contributed by atoms with Crippen molar-refractivity contribution in [1.82, 2.24) is 9.55 Å². The maximum atomic E-state index is 12.2. The third-order valence-electron chi connectivity index (χ3n) is 3.19. The SMILES string of the molecule is O=c1cc(-c2ccccc2)ncn1Cc1cccc(Cl)c1. The van der Waals surface area contributed by atoms with Crippen LogP contribution in [0.1, 0.15) is 5.56 Å². The van der Waals surface area contributed by atoms with E-state index in [0.29, 0.717) is 17.3 Å². The summed E-state index contributed by atoms with van der Waals surface area (Å²) in [5.41, 5.74) is 2.51. The Morgan fingerprint density at radius 3 is 2.52 bits per heavy atom. The summed E-state index contributed by atoms with van der Waals surface area (Å²) in [5.74, 6) is 0. The van der Waals surface area contributed by atoms with E-state index in [1.165, 1.54) is 0 Å². The molecular weight excluding hydrogens is 284 g/mol. The summed E-state index contributed by atoms with van der Waals surface area (Å²) in [5, 5.41) is 0.661. The maximum absolute atomic E-state index is 12.2. The van der Waals surface area contributed by atoms with E-state index in [2.05, 4.69) is 4.98 Å². The molecule has 0 aliphatic rings. The van der Waals surface area contributed by atoms with Crippen LogP contribution in [-0.2, 0) is 6.54 Å². The minimum atomic E-state index is -0.0798. The van der Waals surface area contributed by atoms with Crippen molar-refractivity contribution in [3.05, 3.63) is 87.9 Å². The highest BCUT2D eigenvalue weighted by Gasteiger charge is 2.03. The molecule has 104 valence electrons. The summed E-state index contributed by atoms with van der Waals surface area (Å²) >= 11 is 5.95. The summed E-state index contributed by atoms with van der Waals surface area (Å²) in [7, 11) is 0. The molecular formula is C17H13ClN2O. The molecule has 1 heterocycles. The first kappa shape index (κ1) is 13.6. The third kappa shape index (κ3) is 3.20. The zero-order valence-corrected chi connectivity index (χ0v) is 12.0. The van der Waals surface area contributed by atoms with Gasteiger partial charge in [0.25, 0.3) is 5.56 Å². The fraction of sp³-hybridized carbons (Fsp3) is 0.0588. The molecule has 3 aromatic rings. The fourth-order valence-electron chi connectivity index (χ4n) is 2.14. The Labute approximate surface area is 127 Å². The molecule has 21 heavy (non-hydrogen) atoms. The van der Waals surface area contributed by atoms with Gasteiger partial charge in [-0.25, -0.2) is 4.98 Å². The second kappa shape index (κ2) is 5.94. The number of hydrogen-bond donors (Lipinski definition) is 0. The summed E-state index contributed by atoms with van der Waals surface area (Å²) < 4.78 is 1.57. The Hall–Kier alpha value is -2.39. The van der Waals surface area contributed by atoms with Crippen LogP contribution in [0.3, 0.4) is 0 Å². The molecule has 0 N–H and O–H groups in total. The van der Waals surface area contributed by atoms with Crippen LogP contribution in [0.4, 0.5) is 0 Å². The quantitative estimate of drug-likeness (QED) is 0.740. The van der Waals surface area contributed by atoms with Gasteiger partial charge in [-0.2, -0.15) is 0 Å². The van der Waals surface area contributed by atoms with Crippen molar-refractivity contribution in [2.24, 2.45) is 0 Å². The molecule has 0 fully saturated rings. The van der Waals surface area contributed by atoms with E-state index in [9.17, 15) is 4.79 Å². The molecule has 0 saturated heterocycles. The number of nitrogens with zero attached hydrogens (tertiary/aromatic N) is 2. The van der Waals surface area contributed by atoms with Crippen LogP contribution in [0.5, 0.6) is 0 Å². The molecule has 0 atom stereocenters. The average Bonchev–Trinajstić information content (AvgIpc) is 2.50. The molecule has 4 heteroatoms. The molecule has 3 nitrogen and oxygen atoms in total. The van der Waals surface area contributed by atoms with Gasteiger partial charge in [-0.3, -0.25) is 9.36 Å². The Bertz CT molecular complexity index is 812. The molecule has 0 spiro atoms. The first-order valence-corrected chi connectivity index (χ1v) is 6.96. The summed E-state index contributed by atoms with van der Waals surface area (Å²) in [6, 6.07) is 18.7. The molecule has 0 aliphatic carbocycles. The minimum Gasteiger partial charge on any atom is -0.295 e. The molecule has 3 rings (SSSR count). The van der Waals surface area contributed by atoms with Gasteiger partial charge >= 0.3 is 0 Å². The largest absolute Gasteiger partial charge is 0.295 e. The maximum Gasteiger partial charge on any atom is 0.254 e. The van der Waals surface area contributed by atoms with Crippen molar-refractivity contribution in [1.29, 1.82) is 0 Å². The second-order valence-corrected chi connectivity index (χ2v) is 5.17. The number of aromatic nitrogens is 2. The van der Waals surface area contributed by atoms with Crippen molar-refractivity contribution in [3.8, 4) is 11.3 Å². The highest BCUT2D eigenvalue weighted by molar-refractivity contribution is 6.30. The van der Waals surface area contributed by atoms with E-state index in [1.54, 1.807) is 17.0 Å². The Balaban J connectivity index is 1.90. The van der Waals surface area contributed by atoms with Crippen molar-refractivity contribution in [2.75, 3.05) is 0 Å². The van der Waals surface area contributed by atoms with E-state index in [-0.39, 0.29) is 5.56 Å². The van der Waals surface area contributed by atoms with Crippen LogP contribution in [-0.4, -0.2) is 9.55 Å². The van der Waals surface area contributed by atoms with Crippen molar-refractivity contribution < 1.29 is 0 Å². The molecule has 0 unspecified atom stereocenters. The van der Waals surface area contributed by atoms with Crippen molar-refractivity contribution in [2.45, 2.75) is 6.54 Å².